The van der Waals surface area contributed by atoms with Crippen LogP contribution in [0, 0.1) is 6.92 Å². The van der Waals surface area contributed by atoms with Crippen molar-refractivity contribution in [3.05, 3.63) is 41.6 Å². The van der Waals surface area contributed by atoms with Crippen LogP contribution in [-0.4, -0.2) is 47.2 Å². The quantitative estimate of drug-likeness (QED) is 0.509. The number of anilines is 1. The lowest BCUT2D eigenvalue weighted by molar-refractivity contribution is -0.136. The Morgan fingerprint density at radius 1 is 1.30 bits per heavy atom. The van der Waals surface area contributed by atoms with Crippen molar-refractivity contribution in [2.45, 2.75) is 39.0 Å². The van der Waals surface area contributed by atoms with Gasteiger partial charge in [-0.15, -0.1) is 0 Å². The van der Waals surface area contributed by atoms with Gasteiger partial charge in [0.05, 0.1) is 12.8 Å². The SMILES string of the molecule is COc1ccccc1CCNC(=O)C(=O)Nc1cc(C)nn1C1NC(=O)CC(C)N1. The zero-order valence-electron chi connectivity index (χ0n) is 17.2. The second-order valence-corrected chi connectivity index (χ2v) is 7.13. The number of carbonyl (C=O) groups is 3. The number of hydrogen-bond acceptors (Lipinski definition) is 6. The van der Waals surface area contributed by atoms with E-state index in [0.29, 0.717) is 24.4 Å². The van der Waals surface area contributed by atoms with Gasteiger partial charge in [0.25, 0.3) is 0 Å². The Labute approximate surface area is 174 Å². The summed E-state index contributed by atoms with van der Waals surface area (Å²) in [5.74, 6) is -0.655. The number of para-hydroxylation sites is 1. The van der Waals surface area contributed by atoms with E-state index in [-0.39, 0.29) is 18.5 Å². The van der Waals surface area contributed by atoms with Crippen molar-refractivity contribution in [3.63, 3.8) is 0 Å². The molecule has 1 aromatic heterocycles. The summed E-state index contributed by atoms with van der Waals surface area (Å²) in [5, 5.41) is 15.4. The summed E-state index contributed by atoms with van der Waals surface area (Å²) in [6.45, 7) is 3.92. The van der Waals surface area contributed by atoms with Crippen molar-refractivity contribution in [1.82, 2.24) is 25.7 Å². The van der Waals surface area contributed by atoms with Crippen LogP contribution in [-0.2, 0) is 20.8 Å². The standard InChI is InChI=1S/C20H26N6O4/c1-12-11-17(27)24-20(22-12)26-16(10-13(2)25-26)23-19(29)18(28)21-9-8-14-6-4-5-7-15(14)30-3/h4-7,10,12,20,22H,8-9,11H2,1-3H3,(H,21,28)(H,23,29)(H,24,27). The van der Waals surface area contributed by atoms with E-state index >= 15 is 0 Å². The van der Waals surface area contributed by atoms with Crippen LogP contribution in [0.5, 0.6) is 5.75 Å². The second kappa shape index (κ2) is 9.40. The van der Waals surface area contributed by atoms with Gasteiger partial charge in [0.1, 0.15) is 11.6 Å². The van der Waals surface area contributed by atoms with E-state index in [1.54, 1.807) is 20.1 Å². The summed E-state index contributed by atoms with van der Waals surface area (Å²) < 4.78 is 6.73. The molecule has 0 radical (unpaired) electrons. The van der Waals surface area contributed by atoms with E-state index in [9.17, 15) is 14.4 Å². The fraction of sp³-hybridized carbons (Fsp3) is 0.400. The van der Waals surface area contributed by atoms with E-state index < -0.39 is 18.1 Å². The molecular weight excluding hydrogens is 388 g/mol. The molecule has 1 saturated heterocycles. The highest BCUT2D eigenvalue weighted by Gasteiger charge is 2.27. The van der Waals surface area contributed by atoms with E-state index in [2.05, 4.69) is 26.4 Å². The van der Waals surface area contributed by atoms with Gasteiger partial charge in [0.15, 0.2) is 6.29 Å². The maximum absolute atomic E-state index is 12.4. The minimum atomic E-state index is -0.814. The monoisotopic (exact) mass is 414 g/mol. The van der Waals surface area contributed by atoms with Gasteiger partial charge in [-0.25, -0.2) is 4.68 Å². The molecule has 3 amide bonds. The largest absolute Gasteiger partial charge is 0.496 e. The Balaban J connectivity index is 1.59. The summed E-state index contributed by atoms with van der Waals surface area (Å²) in [5.41, 5.74) is 1.57. The van der Waals surface area contributed by atoms with Crippen molar-refractivity contribution in [3.8, 4) is 5.75 Å². The molecule has 2 unspecified atom stereocenters. The molecule has 10 nitrogen and oxygen atoms in total. The highest BCUT2D eigenvalue weighted by molar-refractivity contribution is 6.39. The normalized spacial score (nSPS) is 18.4. The van der Waals surface area contributed by atoms with Gasteiger partial charge >= 0.3 is 11.8 Å². The van der Waals surface area contributed by atoms with Crippen molar-refractivity contribution < 1.29 is 19.1 Å². The predicted octanol–water partition coefficient (Wildman–Crippen LogP) is 0.452. The molecule has 2 heterocycles. The molecule has 0 bridgehead atoms. The molecule has 160 valence electrons. The molecule has 0 aliphatic carbocycles. The van der Waals surface area contributed by atoms with Crippen LogP contribution in [0.15, 0.2) is 30.3 Å². The molecule has 2 aromatic rings. The second-order valence-electron chi connectivity index (χ2n) is 7.13. The average Bonchev–Trinajstić information content (AvgIpc) is 3.07. The molecular formula is C20H26N6O4. The lowest BCUT2D eigenvalue weighted by Crippen LogP contribution is -2.52. The van der Waals surface area contributed by atoms with Gasteiger partial charge in [-0.05, 0) is 31.9 Å². The van der Waals surface area contributed by atoms with Crippen molar-refractivity contribution in [1.29, 1.82) is 0 Å². The molecule has 1 fully saturated rings. The Bertz CT molecular complexity index is 941. The smallest absolute Gasteiger partial charge is 0.314 e. The Morgan fingerprint density at radius 3 is 2.80 bits per heavy atom. The fourth-order valence-electron chi connectivity index (χ4n) is 3.27. The van der Waals surface area contributed by atoms with Crippen molar-refractivity contribution in [2.75, 3.05) is 19.0 Å². The summed E-state index contributed by atoms with van der Waals surface area (Å²) in [4.78, 5) is 36.4. The fourth-order valence-corrected chi connectivity index (χ4v) is 3.27. The van der Waals surface area contributed by atoms with Crippen LogP contribution < -0.4 is 26.0 Å². The lowest BCUT2D eigenvalue weighted by Gasteiger charge is -2.30. The van der Waals surface area contributed by atoms with Gasteiger partial charge in [-0.3, -0.25) is 19.7 Å². The van der Waals surface area contributed by atoms with E-state index in [1.165, 1.54) is 4.68 Å². The molecule has 0 spiro atoms. The van der Waals surface area contributed by atoms with E-state index in [0.717, 1.165) is 11.3 Å². The minimum Gasteiger partial charge on any atom is -0.496 e. The number of hydrogen-bond donors (Lipinski definition) is 4. The molecule has 4 N–H and O–H groups in total. The van der Waals surface area contributed by atoms with Crippen LogP contribution >= 0.6 is 0 Å². The topological polar surface area (TPSA) is 126 Å². The highest BCUT2D eigenvalue weighted by atomic mass is 16.5. The summed E-state index contributed by atoms with van der Waals surface area (Å²) in [6.07, 6.45) is 0.266. The number of aromatic nitrogens is 2. The number of ether oxygens (including phenoxy) is 1. The van der Waals surface area contributed by atoms with Gasteiger partial charge in [-0.2, -0.15) is 5.10 Å². The first-order valence-corrected chi connectivity index (χ1v) is 9.70. The number of aryl methyl sites for hydroxylation is 1. The Hall–Kier alpha value is -3.40. The summed E-state index contributed by atoms with van der Waals surface area (Å²) >= 11 is 0. The highest BCUT2D eigenvalue weighted by Crippen LogP contribution is 2.18. The van der Waals surface area contributed by atoms with Crippen LogP contribution in [0.25, 0.3) is 0 Å². The zero-order valence-corrected chi connectivity index (χ0v) is 17.2. The summed E-state index contributed by atoms with van der Waals surface area (Å²) in [7, 11) is 1.58. The third-order valence-corrected chi connectivity index (χ3v) is 4.65. The van der Waals surface area contributed by atoms with Crippen LogP contribution in [0.3, 0.4) is 0 Å². The molecule has 30 heavy (non-hydrogen) atoms. The molecule has 0 saturated carbocycles. The van der Waals surface area contributed by atoms with Crippen molar-refractivity contribution in [2.24, 2.45) is 0 Å². The number of carbonyl (C=O) groups excluding carboxylic acids is 3. The number of benzene rings is 1. The third-order valence-electron chi connectivity index (χ3n) is 4.65. The number of rotatable bonds is 6. The third kappa shape index (κ3) is 5.15. The molecule has 1 aliphatic heterocycles. The maximum Gasteiger partial charge on any atom is 0.314 e. The number of methoxy groups -OCH3 is 1. The molecule has 3 rings (SSSR count). The number of nitrogens with zero attached hydrogens (tertiary/aromatic N) is 2. The first kappa shape index (κ1) is 21.3. The van der Waals surface area contributed by atoms with E-state index in [1.807, 2.05) is 31.2 Å². The first-order valence-electron chi connectivity index (χ1n) is 9.70. The van der Waals surface area contributed by atoms with Gasteiger partial charge in [-0.1, -0.05) is 18.2 Å². The first-order chi connectivity index (χ1) is 14.4. The molecule has 1 aromatic carbocycles. The average molecular weight is 414 g/mol. The molecule has 10 heteroatoms. The lowest BCUT2D eigenvalue weighted by atomic mass is 10.1. The van der Waals surface area contributed by atoms with E-state index in [4.69, 9.17) is 4.74 Å². The Morgan fingerprint density at radius 2 is 2.07 bits per heavy atom. The van der Waals surface area contributed by atoms with Gasteiger partial charge < -0.3 is 20.7 Å². The summed E-state index contributed by atoms with van der Waals surface area (Å²) in [6, 6.07) is 9.08. The van der Waals surface area contributed by atoms with Crippen LogP contribution in [0.2, 0.25) is 0 Å². The number of nitrogens with one attached hydrogen (secondary N) is 4. The van der Waals surface area contributed by atoms with Crippen molar-refractivity contribution >= 4 is 23.5 Å². The molecule has 1 aliphatic rings. The van der Waals surface area contributed by atoms with Crippen LogP contribution in [0.1, 0.15) is 30.9 Å². The molecule has 2 atom stereocenters. The predicted molar refractivity (Wildman–Crippen MR) is 110 cm³/mol. The number of amides is 3. The zero-order chi connectivity index (χ0) is 21.7. The maximum atomic E-state index is 12.4. The van der Waals surface area contributed by atoms with Crippen LogP contribution in [0.4, 0.5) is 5.82 Å². The van der Waals surface area contributed by atoms with Gasteiger partial charge in [0.2, 0.25) is 5.91 Å². The van der Waals surface area contributed by atoms with Gasteiger partial charge in [0, 0.05) is 25.1 Å². The minimum absolute atomic E-state index is 0.0462. The Kier molecular flexibility index (Phi) is 6.68.